The van der Waals surface area contributed by atoms with Crippen LogP contribution in [-0.4, -0.2) is 22.8 Å². The summed E-state index contributed by atoms with van der Waals surface area (Å²) >= 11 is 1.54. The van der Waals surface area contributed by atoms with Crippen molar-refractivity contribution in [3.05, 3.63) is 36.9 Å². The maximum absolute atomic E-state index is 12.0. The van der Waals surface area contributed by atoms with Crippen LogP contribution in [0.15, 0.2) is 36.9 Å². The molecule has 1 rings (SSSR count). The summed E-state index contributed by atoms with van der Waals surface area (Å²) in [5, 5.41) is 5.57. The van der Waals surface area contributed by atoms with Crippen LogP contribution in [0.5, 0.6) is 0 Å². The molecule has 0 aliphatic rings. The van der Waals surface area contributed by atoms with Crippen LogP contribution in [0.4, 0.5) is 11.4 Å². The van der Waals surface area contributed by atoms with Gasteiger partial charge in [0.1, 0.15) is 0 Å². The Hall–Kier alpha value is -1.75. The average molecular weight is 320 g/mol. The van der Waals surface area contributed by atoms with Crippen molar-refractivity contribution in [2.75, 3.05) is 16.4 Å². The van der Waals surface area contributed by atoms with E-state index in [9.17, 15) is 9.59 Å². The minimum Gasteiger partial charge on any atom is -0.326 e. The molecule has 1 aromatic carbocycles. The van der Waals surface area contributed by atoms with Crippen molar-refractivity contribution in [1.29, 1.82) is 0 Å². The topological polar surface area (TPSA) is 58.2 Å². The normalized spacial score (nSPS) is 11.5. The summed E-state index contributed by atoms with van der Waals surface area (Å²) in [7, 11) is 0. The fourth-order valence-corrected chi connectivity index (χ4v) is 2.36. The third-order valence-corrected chi connectivity index (χ3v) is 4.17. The Morgan fingerprint density at radius 1 is 1.23 bits per heavy atom. The van der Waals surface area contributed by atoms with Crippen LogP contribution in [0.25, 0.3) is 0 Å². The molecule has 5 heteroatoms. The first-order chi connectivity index (χ1) is 10.6. The van der Waals surface area contributed by atoms with Gasteiger partial charge in [-0.15, -0.1) is 18.3 Å². The molecule has 2 amide bonds. The summed E-state index contributed by atoms with van der Waals surface area (Å²) in [6.07, 6.45) is 4.21. The molecule has 0 aliphatic heterocycles. The molecule has 0 saturated heterocycles. The van der Waals surface area contributed by atoms with Gasteiger partial charge in [-0.1, -0.05) is 19.4 Å². The second-order valence-corrected chi connectivity index (χ2v) is 6.36. The highest BCUT2D eigenvalue weighted by molar-refractivity contribution is 8.00. The van der Waals surface area contributed by atoms with Crippen LogP contribution in [0.2, 0.25) is 0 Å². The van der Waals surface area contributed by atoms with Gasteiger partial charge in [0.25, 0.3) is 0 Å². The van der Waals surface area contributed by atoms with Crippen molar-refractivity contribution in [1.82, 2.24) is 0 Å². The summed E-state index contributed by atoms with van der Waals surface area (Å²) in [6, 6.07) is 7.17. The van der Waals surface area contributed by atoms with Crippen molar-refractivity contribution >= 4 is 35.0 Å². The van der Waals surface area contributed by atoms with E-state index in [2.05, 4.69) is 24.1 Å². The monoisotopic (exact) mass is 320 g/mol. The first kappa shape index (κ1) is 18.3. The van der Waals surface area contributed by atoms with Gasteiger partial charge in [0, 0.05) is 23.5 Å². The lowest BCUT2D eigenvalue weighted by Crippen LogP contribution is -2.22. The van der Waals surface area contributed by atoms with Gasteiger partial charge in [-0.2, -0.15) is 0 Å². The largest absolute Gasteiger partial charge is 0.326 e. The van der Waals surface area contributed by atoms with Crippen LogP contribution in [-0.2, 0) is 9.59 Å². The van der Waals surface area contributed by atoms with Crippen LogP contribution in [0.3, 0.4) is 0 Å². The maximum atomic E-state index is 12.0. The molecule has 1 aromatic rings. The number of hydrogen-bond donors (Lipinski definition) is 2. The van der Waals surface area contributed by atoms with E-state index in [4.69, 9.17) is 0 Å². The molecule has 0 saturated carbocycles. The van der Waals surface area contributed by atoms with E-state index in [0.29, 0.717) is 6.42 Å². The molecule has 0 radical (unpaired) electrons. The molecule has 0 bridgehead atoms. The van der Waals surface area contributed by atoms with Gasteiger partial charge >= 0.3 is 0 Å². The molecule has 2 N–H and O–H groups in total. The SMILES string of the molecule is C=CCSC(C)C(=O)Nc1ccc(NC(=O)CCCC)cc1. The predicted octanol–water partition coefficient (Wildman–Crippen LogP) is 4.06. The zero-order valence-electron chi connectivity index (χ0n) is 13.2. The van der Waals surface area contributed by atoms with E-state index in [1.54, 1.807) is 30.3 Å². The number of nitrogens with one attached hydrogen (secondary N) is 2. The Morgan fingerprint density at radius 2 is 1.82 bits per heavy atom. The summed E-state index contributed by atoms with van der Waals surface area (Å²) in [5.74, 6) is 0.733. The van der Waals surface area contributed by atoms with Gasteiger partial charge in [0.2, 0.25) is 11.8 Å². The number of rotatable bonds is 9. The molecule has 1 atom stereocenters. The van der Waals surface area contributed by atoms with E-state index >= 15 is 0 Å². The van der Waals surface area contributed by atoms with Crippen LogP contribution >= 0.6 is 11.8 Å². The highest BCUT2D eigenvalue weighted by Crippen LogP contribution is 2.17. The quantitative estimate of drug-likeness (QED) is 0.675. The number of thioether (sulfide) groups is 1. The lowest BCUT2D eigenvalue weighted by molar-refractivity contribution is -0.116. The minimum atomic E-state index is -0.133. The zero-order valence-corrected chi connectivity index (χ0v) is 14.0. The van der Waals surface area contributed by atoms with Crippen molar-refractivity contribution in [2.45, 2.75) is 38.4 Å². The maximum Gasteiger partial charge on any atom is 0.237 e. The number of hydrogen-bond acceptors (Lipinski definition) is 3. The van der Waals surface area contributed by atoms with Crippen LogP contribution in [0, 0.1) is 0 Å². The molecular formula is C17H24N2O2S. The van der Waals surface area contributed by atoms with Gasteiger partial charge in [-0.3, -0.25) is 9.59 Å². The number of carbonyl (C=O) groups is 2. The molecule has 0 aliphatic carbocycles. The molecule has 22 heavy (non-hydrogen) atoms. The Labute approximate surface area is 136 Å². The number of amides is 2. The minimum absolute atomic E-state index is 0.0214. The number of unbranched alkanes of at least 4 members (excludes halogenated alkanes) is 1. The smallest absolute Gasteiger partial charge is 0.237 e. The fourth-order valence-electron chi connectivity index (χ4n) is 1.73. The average Bonchev–Trinajstić information content (AvgIpc) is 2.52. The molecule has 120 valence electrons. The molecule has 1 unspecified atom stereocenters. The Bertz CT molecular complexity index is 500. The Morgan fingerprint density at radius 3 is 2.36 bits per heavy atom. The molecule has 0 fully saturated rings. The van der Waals surface area contributed by atoms with Crippen LogP contribution < -0.4 is 10.6 Å². The lowest BCUT2D eigenvalue weighted by Gasteiger charge is -2.11. The first-order valence-electron chi connectivity index (χ1n) is 7.50. The van der Waals surface area contributed by atoms with Gasteiger partial charge in [0.05, 0.1) is 5.25 Å². The van der Waals surface area contributed by atoms with E-state index < -0.39 is 0 Å². The second-order valence-electron chi connectivity index (χ2n) is 4.98. The molecule has 0 spiro atoms. The van der Waals surface area contributed by atoms with E-state index in [1.165, 1.54) is 11.8 Å². The summed E-state index contributed by atoms with van der Waals surface area (Å²) in [6.45, 7) is 7.56. The zero-order chi connectivity index (χ0) is 16.4. The highest BCUT2D eigenvalue weighted by Gasteiger charge is 2.12. The van der Waals surface area contributed by atoms with Crippen LogP contribution in [0.1, 0.15) is 33.1 Å². The van der Waals surface area contributed by atoms with E-state index in [1.807, 2.05) is 6.92 Å². The van der Waals surface area contributed by atoms with Crippen molar-refractivity contribution in [3.8, 4) is 0 Å². The standard InChI is InChI=1S/C17H24N2O2S/c1-4-6-7-16(20)18-14-8-10-15(11-9-14)19-17(21)13(3)22-12-5-2/h5,8-11,13H,2,4,6-7,12H2,1,3H3,(H,18,20)(H,19,21). The number of carbonyl (C=O) groups excluding carboxylic acids is 2. The fraction of sp³-hybridized carbons (Fsp3) is 0.412. The summed E-state index contributed by atoms with van der Waals surface area (Å²) < 4.78 is 0. The molecule has 0 heterocycles. The summed E-state index contributed by atoms with van der Waals surface area (Å²) in [5.41, 5.74) is 1.47. The Kier molecular flexibility index (Phi) is 8.36. The van der Waals surface area contributed by atoms with Gasteiger partial charge in [0.15, 0.2) is 0 Å². The van der Waals surface area contributed by atoms with Gasteiger partial charge in [-0.25, -0.2) is 0 Å². The number of anilines is 2. The third-order valence-electron chi connectivity index (χ3n) is 3.03. The lowest BCUT2D eigenvalue weighted by atomic mass is 10.2. The molecule has 4 nitrogen and oxygen atoms in total. The predicted molar refractivity (Wildman–Crippen MR) is 95.3 cm³/mol. The van der Waals surface area contributed by atoms with Gasteiger partial charge in [-0.05, 0) is 37.6 Å². The molecular weight excluding hydrogens is 296 g/mol. The van der Waals surface area contributed by atoms with Crippen molar-refractivity contribution in [2.24, 2.45) is 0 Å². The van der Waals surface area contributed by atoms with Gasteiger partial charge < -0.3 is 10.6 Å². The molecule has 0 aromatic heterocycles. The number of benzene rings is 1. The van der Waals surface area contributed by atoms with E-state index in [0.717, 1.165) is 30.0 Å². The second kappa shape index (κ2) is 10.1. The third kappa shape index (κ3) is 6.80. The van der Waals surface area contributed by atoms with Crippen molar-refractivity contribution in [3.63, 3.8) is 0 Å². The summed E-state index contributed by atoms with van der Waals surface area (Å²) in [4.78, 5) is 23.6. The highest BCUT2D eigenvalue weighted by atomic mass is 32.2. The Balaban J connectivity index is 2.49. The van der Waals surface area contributed by atoms with Crippen molar-refractivity contribution < 1.29 is 9.59 Å². The first-order valence-corrected chi connectivity index (χ1v) is 8.55. The van der Waals surface area contributed by atoms with E-state index in [-0.39, 0.29) is 17.1 Å².